The molecule has 1 saturated heterocycles. The van der Waals surface area contributed by atoms with Crippen LogP contribution in [0.4, 0.5) is 4.39 Å². The Bertz CT molecular complexity index is 614. The van der Waals surface area contributed by atoms with Crippen LogP contribution < -0.4 is 0 Å². The Balaban J connectivity index is 1.66. The molecule has 0 radical (unpaired) electrons. The van der Waals surface area contributed by atoms with Crippen molar-refractivity contribution in [2.75, 3.05) is 13.1 Å². The molecule has 21 heavy (non-hydrogen) atoms. The SMILES string of the molecule is O=C(c1cccc(F)c1)N1CCCC(Cc2nccs2)C1. The number of carbonyl (C=O) groups excluding carboxylic acids is 1. The third-order valence-electron chi connectivity index (χ3n) is 3.82. The molecule has 1 fully saturated rings. The predicted molar refractivity (Wildman–Crippen MR) is 80.8 cm³/mol. The minimum absolute atomic E-state index is 0.0710. The maximum atomic E-state index is 13.2. The summed E-state index contributed by atoms with van der Waals surface area (Å²) in [4.78, 5) is 18.6. The number of hydrogen-bond acceptors (Lipinski definition) is 3. The summed E-state index contributed by atoms with van der Waals surface area (Å²) in [6, 6.07) is 5.93. The lowest BCUT2D eigenvalue weighted by molar-refractivity contribution is 0.0673. The topological polar surface area (TPSA) is 33.2 Å². The molecule has 3 nitrogen and oxygen atoms in total. The van der Waals surface area contributed by atoms with Gasteiger partial charge in [0.1, 0.15) is 5.82 Å². The molecule has 1 aliphatic heterocycles. The van der Waals surface area contributed by atoms with Crippen LogP contribution in [0.1, 0.15) is 28.2 Å². The summed E-state index contributed by atoms with van der Waals surface area (Å²) >= 11 is 1.66. The molecule has 0 bridgehead atoms. The maximum Gasteiger partial charge on any atom is 0.253 e. The van der Waals surface area contributed by atoms with Gasteiger partial charge in [0.15, 0.2) is 0 Å². The van der Waals surface area contributed by atoms with Gasteiger partial charge in [-0.2, -0.15) is 0 Å². The maximum absolute atomic E-state index is 13.2. The average molecular weight is 304 g/mol. The molecule has 2 aromatic rings. The van der Waals surface area contributed by atoms with Gasteiger partial charge in [-0.1, -0.05) is 6.07 Å². The molecule has 0 spiro atoms. The van der Waals surface area contributed by atoms with Gasteiger partial charge in [-0.3, -0.25) is 4.79 Å². The van der Waals surface area contributed by atoms with Crippen molar-refractivity contribution in [1.82, 2.24) is 9.88 Å². The van der Waals surface area contributed by atoms with Crippen LogP contribution in [0.5, 0.6) is 0 Å². The van der Waals surface area contributed by atoms with Crippen molar-refractivity contribution in [1.29, 1.82) is 0 Å². The minimum atomic E-state index is -0.364. The van der Waals surface area contributed by atoms with Gasteiger partial charge >= 0.3 is 0 Å². The molecule has 0 aliphatic carbocycles. The molecule has 1 aromatic heterocycles. The first-order chi connectivity index (χ1) is 10.2. The largest absolute Gasteiger partial charge is 0.338 e. The first-order valence-corrected chi connectivity index (χ1v) is 8.03. The molecule has 5 heteroatoms. The molecule has 3 rings (SSSR count). The number of nitrogens with zero attached hydrogens (tertiary/aromatic N) is 2. The van der Waals surface area contributed by atoms with Crippen LogP contribution in [0, 0.1) is 11.7 Å². The number of hydrogen-bond donors (Lipinski definition) is 0. The van der Waals surface area contributed by atoms with E-state index >= 15 is 0 Å². The Morgan fingerprint density at radius 3 is 3.14 bits per heavy atom. The van der Waals surface area contributed by atoms with Crippen molar-refractivity contribution >= 4 is 17.2 Å². The van der Waals surface area contributed by atoms with Crippen LogP contribution >= 0.6 is 11.3 Å². The highest BCUT2D eigenvalue weighted by atomic mass is 32.1. The van der Waals surface area contributed by atoms with E-state index < -0.39 is 0 Å². The highest BCUT2D eigenvalue weighted by molar-refractivity contribution is 7.09. The molecule has 1 atom stereocenters. The molecule has 0 N–H and O–H groups in total. The fourth-order valence-electron chi connectivity index (χ4n) is 2.82. The monoisotopic (exact) mass is 304 g/mol. The predicted octanol–water partition coefficient (Wildman–Crippen LogP) is 3.38. The Morgan fingerprint density at radius 2 is 2.38 bits per heavy atom. The lowest BCUT2D eigenvalue weighted by Gasteiger charge is -2.32. The Kier molecular flexibility index (Phi) is 4.29. The van der Waals surface area contributed by atoms with Gasteiger partial charge < -0.3 is 4.90 Å². The fourth-order valence-corrected chi connectivity index (χ4v) is 3.55. The third-order valence-corrected chi connectivity index (χ3v) is 4.63. The number of rotatable bonds is 3. The number of benzene rings is 1. The molecule has 1 aromatic carbocycles. The van der Waals surface area contributed by atoms with Crippen LogP contribution in [0.15, 0.2) is 35.8 Å². The van der Waals surface area contributed by atoms with E-state index in [1.165, 1.54) is 12.1 Å². The highest BCUT2D eigenvalue weighted by Crippen LogP contribution is 2.23. The van der Waals surface area contributed by atoms with Gasteiger partial charge in [0, 0.05) is 36.7 Å². The lowest BCUT2D eigenvalue weighted by atomic mass is 9.94. The van der Waals surface area contributed by atoms with E-state index in [1.807, 2.05) is 16.5 Å². The first kappa shape index (κ1) is 14.2. The van der Waals surface area contributed by atoms with Crippen molar-refractivity contribution < 1.29 is 9.18 Å². The summed E-state index contributed by atoms with van der Waals surface area (Å²) in [5.74, 6) is 0.0120. The van der Waals surface area contributed by atoms with E-state index in [9.17, 15) is 9.18 Å². The molecule has 1 unspecified atom stereocenters. The molecular weight excluding hydrogens is 287 g/mol. The Labute approximate surface area is 127 Å². The van der Waals surface area contributed by atoms with Gasteiger partial charge in [0.25, 0.3) is 5.91 Å². The normalized spacial score (nSPS) is 18.7. The molecule has 110 valence electrons. The second kappa shape index (κ2) is 6.35. The molecular formula is C16H17FN2OS. The number of amides is 1. The number of piperidine rings is 1. The van der Waals surface area contributed by atoms with Crippen molar-refractivity contribution in [2.45, 2.75) is 19.3 Å². The summed E-state index contributed by atoms with van der Waals surface area (Å²) < 4.78 is 13.2. The zero-order valence-corrected chi connectivity index (χ0v) is 12.5. The number of aromatic nitrogens is 1. The van der Waals surface area contributed by atoms with Gasteiger partial charge in [-0.25, -0.2) is 9.37 Å². The standard InChI is InChI=1S/C16H17FN2OS/c17-14-5-1-4-13(10-14)16(20)19-7-2-3-12(11-19)9-15-18-6-8-21-15/h1,4-6,8,10,12H,2-3,7,9,11H2. The third kappa shape index (κ3) is 3.47. The van der Waals surface area contributed by atoms with E-state index in [-0.39, 0.29) is 11.7 Å². The molecule has 1 aliphatic rings. The second-order valence-corrected chi connectivity index (χ2v) is 6.38. The lowest BCUT2D eigenvalue weighted by Crippen LogP contribution is -2.40. The van der Waals surface area contributed by atoms with Crippen LogP contribution in [0.3, 0.4) is 0 Å². The molecule has 2 heterocycles. The van der Waals surface area contributed by atoms with E-state index in [1.54, 1.807) is 23.5 Å². The number of likely N-dealkylation sites (tertiary alicyclic amines) is 1. The summed E-state index contributed by atoms with van der Waals surface area (Å²) in [5.41, 5.74) is 0.435. The van der Waals surface area contributed by atoms with Crippen LogP contribution in [0.2, 0.25) is 0 Å². The Hall–Kier alpha value is -1.75. The number of carbonyl (C=O) groups is 1. The summed E-state index contributed by atoms with van der Waals surface area (Å²) in [5, 5.41) is 3.11. The van der Waals surface area contributed by atoms with Crippen LogP contribution in [-0.4, -0.2) is 28.9 Å². The van der Waals surface area contributed by atoms with E-state index in [0.717, 1.165) is 37.4 Å². The van der Waals surface area contributed by atoms with Crippen LogP contribution in [-0.2, 0) is 6.42 Å². The van der Waals surface area contributed by atoms with Gasteiger partial charge in [0.2, 0.25) is 0 Å². The van der Waals surface area contributed by atoms with Gasteiger partial charge in [-0.15, -0.1) is 11.3 Å². The second-order valence-electron chi connectivity index (χ2n) is 5.40. The van der Waals surface area contributed by atoms with E-state index in [0.29, 0.717) is 11.5 Å². The van der Waals surface area contributed by atoms with Gasteiger partial charge in [-0.05, 0) is 37.0 Å². The smallest absolute Gasteiger partial charge is 0.253 e. The summed E-state index contributed by atoms with van der Waals surface area (Å²) in [7, 11) is 0. The quantitative estimate of drug-likeness (QED) is 0.871. The van der Waals surface area contributed by atoms with Gasteiger partial charge in [0.05, 0.1) is 5.01 Å². The molecule has 1 amide bonds. The number of halogens is 1. The summed E-state index contributed by atoms with van der Waals surface area (Å²) in [6.45, 7) is 1.48. The molecule has 0 saturated carbocycles. The van der Waals surface area contributed by atoms with Crippen LogP contribution in [0.25, 0.3) is 0 Å². The summed E-state index contributed by atoms with van der Waals surface area (Å²) in [6.07, 6.45) is 4.85. The van der Waals surface area contributed by atoms with Crippen molar-refractivity contribution in [2.24, 2.45) is 5.92 Å². The van der Waals surface area contributed by atoms with Crippen molar-refractivity contribution in [3.8, 4) is 0 Å². The van der Waals surface area contributed by atoms with E-state index in [4.69, 9.17) is 0 Å². The van der Waals surface area contributed by atoms with Crippen molar-refractivity contribution in [3.63, 3.8) is 0 Å². The average Bonchev–Trinajstić information content (AvgIpc) is 3.00. The zero-order chi connectivity index (χ0) is 14.7. The first-order valence-electron chi connectivity index (χ1n) is 7.15. The Morgan fingerprint density at radius 1 is 1.48 bits per heavy atom. The highest BCUT2D eigenvalue weighted by Gasteiger charge is 2.25. The fraction of sp³-hybridized carbons (Fsp3) is 0.375. The zero-order valence-electron chi connectivity index (χ0n) is 11.7. The van der Waals surface area contributed by atoms with E-state index in [2.05, 4.69) is 4.98 Å². The minimum Gasteiger partial charge on any atom is -0.338 e. The number of thiazole rings is 1. The van der Waals surface area contributed by atoms with Crippen molar-refractivity contribution in [3.05, 3.63) is 52.2 Å².